The van der Waals surface area contributed by atoms with Crippen molar-refractivity contribution in [2.24, 2.45) is 5.41 Å². The highest BCUT2D eigenvalue weighted by Crippen LogP contribution is 2.33. The van der Waals surface area contributed by atoms with Gasteiger partial charge in [0.1, 0.15) is 13.2 Å². The molecule has 0 saturated carbocycles. The fourth-order valence-corrected chi connectivity index (χ4v) is 2.31. The molecule has 19 heavy (non-hydrogen) atoms. The Morgan fingerprint density at radius 1 is 1.11 bits per heavy atom. The van der Waals surface area contributed by atoms with Gasteiger partial charge in [-0.25, -0.2) is 0 Å². The van der Waals surface area contributed by atoms with E-state index in [0.29, 0.717) is 18.6 Å². The zero-order valence-corrected chi connectivity index (χ0v) is 12.3. The van der Waals surface area contributed by atoms with Gasteiger partial charge in [0.25, 0.3) is 0 Å². The molecule has 106 valence electrons. The van der Waals surface area contributed by atoms with E-state index < -0.39 is 0 Å². The average molecular weight is 263 g/mol. The minimum Gasteiger partial charge on any atom is -0.486 e. The molecule has 0 unspecified atom stereocenters. The first kappa shape index (κ1) is 14.2. The van der Waals surface area contributed by atoms with E-state index in [1.54, 1.807) is 0 Å². The van der Waals surface area contributed by atoms with Crippen molar-refractivity contribution < 1.29 is 9.47 Å². The molecule has 3 heteroatoms. The molecular weight excluding hydrogens is 238 g/mol. The van der Waals surface area contributed by atoms with Crippen LogP contribution in [0.5, 0.6) is 11.5 Å². The standard InChI is InChI=1S/C16H25NO2/c1-16(2,8-9-17-3)7-6-13-4-5-14-15(12-13)19-11-10-18-14/h4-5,12,17H,6-11H2,1-3H3. The van der Waals surface area contributed by atoms with Crippen LogP contribution in [0.25, 0.3) is 0 Å². The molecule has 1 aromatic rings. The summed E-state index contributed by atoms with van der Waals surface area (Å²) in [5.74, 6) is 1.78. The molecule has 1 aliphatic rings. The third-order valence-corrected chi connectivity index (χ3v) is 3.75. The van der Waals surface area contributed by atoms with Crippen LogP contribution in [0.1, 0.15) is 32.3 Å². The Morgan fingerprint density at radius 3 is 2.58 bits per heavy atom. The van der Waals surface area contributed by atoms with Gasteiger partial charge < -0.3 is 14.8 Å². The molecule has 3 nitrogen and oxygen atoms in total. The molecule has 2 rings (SSSR count). The van der Waals surface area contributed by atoms with Crippen molar-refractivity contribution >= 4 is 0 Å². The molecule has 1 aliphatic heterocycles. The number of aryl methyl sites for hydroxylation is 1. The first-order valence-electron chi connectivity index (χ1n) is 7.14. The molecule has 1 N–H and O–H groups in total. The second-order valence-corrected chi connectivity index (χ2v) is 6.00. The highest BCUT2D eigenvalue weighted by atomic mass is 16.6. The first-order chi connectivity index (χ1) is 9.11. The maximum Gasteiger partial charge on any atom is 0.161 e. The van der Waals surface area contributed by atoms with Crippen molar-refractivity contribution in [2.75, 3.05) is 26.8 Å². The summed E-state index contributed by atoms with van der Waals surface area (Å²) in [6.07, 6.45) is 3.48. The van der Waals surface area contributed by atoms with E-state index in [1.807, 2.05) is 13.1 Å². The van der Waals surface area contributed by atoms with E-state index in [1.165, 1.54) is 18.4 Å². The zero-order chi connectivity index (χ0) is 13.7. The third kappa shape index (κ3) is 4.13. The highest BCUT2D eigenvalue weighted by Gasteiger charge is 2.18. The van der Waals surface area contributed by atoms with Crippen LogP contribution in [0.15, 0.2) is 18.2 Å². The second kappa shape index (κ2) is 6.29. The lowest BCUT2D eigenvalue weighted by molar-refractivity contribution is 0.171. The molecule has 0 spiro atoms. The van der Waals surface area contributed by atoms with Crippen LogP contribution in [0.3, 0.4) is 0 Å². The van der Waals surface area contributed by atoms with Crippen molar-refractivity contribution in [3.8, 4) is 11.5 Å². The molecule has 0 atom stereocenters. The van der Waals surface area contributed by atoms with Gasteiger partial charge in [0.2, 0.25) is 0 Å². The number of nitrogens with one attached hydrogen (secondary N) is 1. The molecule has 0 bridgehead atoms. The Morgan fingerprint density at radius 2 is 1.84 bits per heavy atom. The SMILES string of the molecule is CNCCC(C)(C)CCc1ccc2c(c1)OCCO2. The summed E-state index contributed by atoms with van der Waals surface area (Å²) in [4.78, 5) is 0. The van der Waals surface area contributed by atoms with Crippen molar-refractivity contribution in [3.63, 3.8) is 0 Å². The van der Waals surface area contributed by atoms with Crippen molar-refractivity contribution in [3.05, 3.63) is 23.8 Å². The van der Waals surface area contributed by atoms with Crippen LogP contribution in [0.4, 0.5) is 0 Å². The Kier molecular flexibility index (Phi) is 4.70. The van der Waals surface area contributed by atoms with E-state index >= 15 is 0 Å². The van der Waals surface area contributed by atoms with Gasteiger partial charge >= 0.3 is 0 Å². The van der Waals surface area contributed by atoms with Gasteiger partial charge in [0, 0.05) is 0 Å². The molecule has 0 amide bonds. The number of fused-ring (bicyclic) bond motifs is 1. The normalized spacial score (nSPS) is 14.5. The average Bonchev–Trinajstić information content (AvgIpc) is 2.43. The van der Waals surface area contributed by atoms with Crippen molar-refractivity contribution in [1.29, 1.82) is 0 Å². The fourth-order valence-electron chi connectivity index (χ4n) is 2.31. The van der Waals surface area contributed by atoms with Crippen LogP contribution in [0, 0.1) is 5.41 Å². The summed E-state index contributed by atoms with van der Waals surface area (Å²) >= 11 is 0. The molecule has 1 heterocycles. The lowest BCUT2D eigenvalue weighted by atomic mass is 9.83. The lowest BCUT2D eigenvalue weighted by Crippen LogP contribution is -2.20. The molecule has 0 aliphatic carbocycles. The van der Waals surface area contributed by atoms with Gasteiger partial charge in [-0.15, -0.1) is 0 Å². The smallest absolute Gasteiger partial charge is 0.161 e. The third-order valence-electron chi connectivity index (χ3n) is 3.75. The number of rotatable bonds is 6. The fraction of sp³-hybridized carbons (Fsp3) is 0.625. The second-order valence-electron chi connectivity index (χ2n) is 6.00. The molecule has 0 saturated heterocycles. The van der Waals surface area contributed by atoms with Crippen LogP contribution < -0.4 is 14.8 Å². The number of hydrogen-bond donors (Lipinski definition) is 1. The molecule has 0 radical (unpaired) electrons. The van der Waals surface area contributed by atoms with Gasteiger partial charge in [-0.1, -0.05) is 19.9 Å². The zero-order valence-electron chi connectivity index (χ0n) is 12.3. The van der Waals surface area contributed by atoms with E-state index in [9.17, 15) is 0 Å². The maximum absolute atomic E-state index is 5.63. The van der Waals surface area contributed by atoms with Gasteiger partial charge in [0.05, 0.1) is 0 Å². The number of hydrogen-bond acceptors (Lipinski definition) is 3. The van der Waals surface area contributed by atoms with Crippen molar-refractivity contribution in [2.45, 2.75) is 33.1 Å². The number of benzene rings is 1. The summed E-state index contributed by atoms with van der Waals surface area (Å²) < 4.78 is 11.2. The van der Waals surface area contributed by atoms with Crippen LogP contribution in [-0.2, 0) is 6.42 Å². The lowest BCUT2D eigenvalue weighted by Gasteiger charge is -2.25. The maximum atomic E-state index is 5.63. The minimum absolute atomic E-state index is 0.371. The number of ether oxygens (including phenoxy) is 2. The van der Waals surface area contributed by atoms with Crippen LogP contribution in [0.2, 0.25) is 0 Å². The summed E-state index contributed by atoms with van der Waals surface area (Å²) in [5.41, 5.74) is 1.71. The van der Waals surface area contributed by atoms with Crippen LogP contribution >= 0.6 is 0 Å². The minimum atomic E-state index is 0.371. The summed E-state index contributed by atoms with van der Waals surface area (Å²) in [6, 6.07) is 6.31. The van der Waals surface area contributed by atoms with Crippen LogP contribution in [-0.4, -0.2) is 26.8 Å². The van der Waals surface area contributed by atoms with Gasteiger partial charge in [-0.05, 0) is 56.0 Å². The van der Waals surface area contributed by atoms with E-state index in [2.05, 4.69) is 31.3 Å². The Balaban J connectivity index is 1.92. The Labute approximate surface area is 116 Å². The van der Waals surface area contributed by atoms with Gasteiger partial charge in [-0.2, -0.15) is 0 Å². The van der Waals surface area contributed by atoms with E-state index in [4.69, 9.17) is 9.47 Å². The van der Waals surface area contributed by atoms with Gasteiger partial charge in [-0.3, -0.25) is 0 Å². The molecule has 0 aromatic heterocycles. The summed E-state index contributed by atoms with van der Waals surface area (Å²) in [5, 5.41) is 3.23. The largest absolute Gasteiger partial charge is 0.486 e. The van der Waals surface area contributed by atoms with E-state index in [0.717, 1.165) is 24.5 Å². The highest BCUT2D eigenvalue weighted by molar-refractivity contribution is 5.43. The summed E-state index contributed by atoms with van der Waals surface area (Å²) in [6.45, 7) is 7.06. The van der Waals surface area contributed by atoms with E-state index in [-0.39, 0.29) is 0 Å². The topological polar surface area (TPSA) is 30.5 Å². The molecular formula is C16H25NO2. The Hall–Kier alpha value is -1.22. The Bertz CT molecular complexity index is 415. The predicted molar refractivity (Wildman–Crippen MR) is 78.1 cm³/mol. The predicted octanol–water partition coefficient (Wildman–Crippen LogP) is 3.03. The monoisotopic (exact) mass is 263 g/mol. The van der Waals surface area contributed by atoms with Crippen molar-refractivity contribution in [1.82, 2.24) is 5.32 Å². The summed E-state index contributed by atoms with van der Waals surface area (Å²) in [7, 11) is 2.01. The first-order valence-corrected chi connectivity index (χ1v) is 7.14. The molecule has 1 aromatic carbocycles. The van der Waals surface area contributed by atoms with Gasteiger partial charge in [0.15, 0.2) is 11.5 Å². The molecule has 0 fully saturated rings. The quantitative estimate of drug-likeness (QED) is 0.855.